The first-order valence-electron chi connectivity index (χ1n) is 6.31. The number of carbonyl (C=O) groups excluding carboxylic acids is 1. The van der Waals surface area contributed by atoms with Crippen molar-refractivity contribution in [3.8, 4) is 0 Å². The first kappa shape index (κ1) is 12.7. The van der Waals surface area contributed by atoms with E-state index in [1.165, 1.54) is 5.57 Å². The lowest BCUT2D eigenvalue weighted by atomic mass is 10.1. The Balaban J connectivity index is 2.08. The molecule has 1 fully saturated rings. The fraction of sp³-hybridized carbons (Fsp3) is 0.400. The quantitative estimate of drug-likeness (QED) is 0.606. The van der Waals surface area contributed by atoms with Gasteiger partial charge in [0.15, 0.2) is 0 Å². The van der Waals surface area contributed by atoms with Crippen LogP contribution in [0.2, 0.25) is 0 Å². The van der Waals surface area contributed by atoms with Gasteiger partial charge >= 0.3 is 5.97 Å². The van der Waals surface area contributed by atoms with E-state index in [1.54, 1.807) is 0 Å². The molecule has 0 saturated carbocycles. The van der Waals surface area contributed by atoms with Crippen molar-refractivity contribution < 1.29 is 9.53 Å². The standard InChI is InChI=1S/C15H19NO2/c1-4-18-15(17)13-5-7-14(8-6-13)16-9-11(2)12(3)10-16/h5-8,12H,2,4,9-10H2,1,3H3/t12-/m0/s1. The molecule has 0 N–H and O–H groups in total. The van der Waals surface area contributed by atoms with E-state index in [9.17, 15) is 4.79 Å². The molecule has 0 amide bonds. The molecule has 0 aromatic heterocycles. The summed E-state index contributed by atoms with van der Waals surface area (Å²) in [5.41, 5.74) is 3.00. The van der Waals surface area contributed by atoms with Gasteiger partial charge in [0.25, 0.3) is 0 Å². The highest BCUT2D eigenvalue weighted by molar-refractivity contribution is 5.89. The molecule has 1 aromatic carbocycles. The van der Waals surface area contributed by atoms with Gasteiger partial charge in [0, 0.05) is 18.8 Å². The first-order valence-corrected chi connectivity index (χ1v) is 6.31. The smallest absolute Gasteiger partial charge is 0.338 e. The van der Waals surface area contributed by atoms with Gasteiger partial charge in [-0.05, 0) is 37.1 Å². The van der Waals surface area contributed by atoms with Crippen LogP contribution >= 0.6 is 0 Å². The highest BCUT2D eigenvalue weighted by atomic mass is 16.5. The number of hydrogen-bond acceptors (Lipinski definition) is 3. The lowest BCUT2D eigenvalue weighted by Gasteiger charge is -2.17. The van der Waals surface area contributed by atoms with Crippen molar-refractivity contribution in [2.45, 2.75) is 13.8 Å². The second kappa shape index (κ2) is 5.25. The predicted molar refractivity (Wildman–Crippen MR) is 72.9 cm³/mol. The molecule has 1 aliphatic heterocycles. The number of benzene rings is 1. The zero-order valence-electron chi connectivity index (χ0n) is 11.0. The van der Waals surface area contributed by atoms with Crippen LogP contribution in [0.3, 0.4) is 0 Å². The molecule has 1 aliphatic rings. The highest BCUT2D eigenvalue weighted by Crippen LogP contribution is 2.26. The van der Waals surface area contributed by atoms with Gasteiger partial charge in [-0.1, -0.05) is 19.1 Å². The third-order valence-electron chi connectivity index (χ3n) is 3.33. The average molecular weight is 245 g/mol. The van der Waals surface area contributed by atoms with E-state index in [1.807, 2.05) is 31.2 Å². The molecule has 1 saturated heterocycles. The normalized spacial score (nSPS) is 19.1. The lowest BCUT2D eigenvalue weighted by Crippen LogP contribution is -2.19. The molecule has 3 nitrogen and oxygen atoms in total. The largest absolute Gasteiger partial charge is 0.462 e. The molecule has 0 aliphatic carbocycles. The maximum absolute atomic E-state index is 11.5. The molecule has 0 bridgehead atoms. The van der Waals surface area contributed by atoms with E-state index in [4.69, 9.17) is 4.74 Å². The van der Waals surface area contributed by atoms with Crippen molar-refractivity contribution in [1.29, 1.82) is 0 Å². The molecule has 96 valence electrons. The van der Waals surface area contributed by atoms with E-state index >= 15 is 0 Å². The maximum atomic E-state index is 11.5. The number of rotatable bonds is 3. The average Bonchev–Trinajstić information content (AvgIpc) is 2.70. The molecule has 3 heteroatoms. The van der Waals surface area contributed by atoms with Crippen LogP contribution in [-0.4, -0.2) is 25.7 Å². The summed E-state index contributed by atoms with van der Waals surface area (Å²) in [7, 11) is 0. The third kappa shape index (κ3) is 2.55. The number of nitrogens with zero attached hydrogens (tertiary/aromatic N) is 1. The minimum atomic E-state index is -0.261. The summed E-state index contributed by atoms with van der Waals surface area (Å²) in [6.07, 6.45) is 0. The maximum Gasteiger partial charge on any atom is 0.338 e. The zero-order chi connectivity index (χ0) is 13.1. The van der Waals surface area contributed by atoms with Gasteiger partial charge in [-0.3, -0.25) is 0 Å². The molecular weight excluding hydrogens is 226 g/mol. The van der Waals surface area contributed by atoms with Crippen LogP contribution < -0.4 is 4.90 Å². The predicted octanol–water partition coefficient (Wildman–Crippen LogP) is 2.88. The number of hydrogen-bond donors (Lipinski definition) is 0. The van der Waals surface area contributed by atoms with E-state index < -0.39 is 0 Å². The van der Waals surface area contributed by atoms with Gasteiger partial charge in [0.05, 0.1) is 12.2 Å². The molecule has 18 heavy (non-hydrogen) atoms. The number of anilines is 1. The van der Waals surface area contributed by atoms with Crippen LogP contribution in [0.1, 0.15) is 24.2 Å². The Morgan fingerprint density at radius 2 is 2.11 bits per heavy atom. The molecule has 1 heterocycles. The van der Waals surface area contributed by atoms with Gasteiger partial charge in [-0.15, -0.1) is 0 Å². The monoisotopic (exact) mass is 245 g/mol. The second-order valence-electron chi connectivity index (χ2n) is 4.71. The number of esters is 1. The third-order valence-corrected chi connectivity index (χ3v) is 3.33. The summed E-state index contributed by atoms with van der Waals surface area (Å²) in [5.74, 6) is 0.276. The molecule has 0 unspecified atom stereocenters. The molecule has 2 rings (SSSR count). The summed E-state index contributed by atoms with van der Waals surface area (Å²) < 4.78 is 4.96. The van der Waals surface area contributed by atoms with Crippen LogP contribution in [-0.2, 0) is 4.74 Å². The van der Waals surface area contributed by atoms with E-state index in [2.05, 4.69) is 18.4 Å². The molecule has 1 atom stereocenters. The highest BCUT2D eigenvalue weighted by Gasteiger charge is 2.22. The van der Waals surface area contributed by atoms with Crippen molar-refractivity contribution in [2.24, 2.45) is 5.92 Å². The molecule has 1 aromatic rings. The Kier molecular flexibility index (Phi) is 3.70. The summed E-state index contributed by atoms with van der Waals surface area (Å²) in [5, 5.41) is 0. The summed E-state index contributed by atoms with van der Waals surface area (Å²) >= 11 is 0. The van der Waals surface area contributed by atoms with Crippen LogP contribution in [0.15, 0.2) is 36.4 Å². The Bertz CT molecular complexity index is 450. The molecule has 0 radical (unpaired) electrons. The van der Waals surface area contributed by atoms with Crippen molar-refractivity contribution in [3.05, 3.63) is 42.0 Å². The fourth-order valence-electron chi connectivity index (χ4n) is 2.14. The Morgan fingerprint density at radius 3 is 2.61 bits per heavy atom. The summed E-state index contributed by atoms with van der Waals surface area (Å²) in [6.45, 7) is 10.4. The van der Waals surface area contributed by atoms with Crippen LogP contribution in [0.25, 0.3) is 0 Å². The summed E-state index contributed by atoms with van der Waals surface area (Å²) in [4.78, 5) is 13.8. The van der Waals surface area contributed by atoms with Gasteiger partial charge in [-0.2, -0.15) is 0 Å². The van der Waals surface area contributed by atoms with Crippen molar-refractivity contribution in [2.75, 3.05) is 24.6 Å². The SMILES string of the molecule is C=C1CN(c2ccc(C(=O)OCC)cc2)C[C@@H]1C. The van der Waals surface area contributed by atoms with Crippen LogP contribution in [0.5, 0.6) is 0 Å². The van der Waals surface area contributed by atoms with Gasteiger partial charge in [0.1, 0.15) is 0 Å². The minimum absolute atomic E-state index is 0.261. The van der Waals surface area contributed by atoms with Gasteiger partial charge in [-0.25, -0.2) is 4.79 Å². The Hall–Kier alpha value is -1.77. The van der Waals surface area contributed by atoms with E-state index in [-0.39, 0.29) is 5.97 Å². The second-order valence-corrected chi connectivity index (χ2v) is 4.71. The van der Waals surface area contributed by atoms with E-state index in [0.29, 0.717) is 18.1 Å². The molecular formula is C15H19NO2. The first-order chi connectivity index (χ1) is 8.61. The summed E-state index contributed by atoms with van der Waals surface area (Å²) in [6, 6.07) is 7.58. The zero-order valence-corrected chi connectivity index (χ0v) is 11.0. The fourth-order valence-corrected chi connectivity index (χ4v) is 2.14. The van der Waals surface area contributed by atoms with Crippen LogP contribution in [0, 0.1) is 5.92 Å². The van der Waals surface area contributed by atoms with Crippen molar-refractivity contribution >= 4 is 11.7 Å². The Morgan fingerprint density at radius 1 is 1.44 bits per heavy atom. The van der Waals surface area contributed by atoms with Crippen LogP contribution in [0.4, 0.5) is 5.69 Å². The topological polar surface area (TPSA) is 29.5 Å². The molecule has 0 spiro atoms. The number of carbonyl (C=O) groups is 1. The van der Waals surface area contributed by atoms with Gasteiger partial charge < -0.3 is 9.64 Å². The lowest BCUT2D eigenvalue weighted by molar-refractivity contribution is 0.0526. The Labute approximate surface area is 108 Å². The minimum Gasteiger partial charge on any atom is -0.462 e. The number of ether oxygens (including phenoxy) is 1. The van der Waals surface area contributed by atoms with Gasteiger partial charge in [0.2, 0.25) is 0 Å². The van der Waals surface area contributed by atoms with E-state index in [0.717, 1.165) is 18.8 Å². The van der Waals surface area contributed by atoms with Crippen molar-refractivity contribution in [3.63, 3.8) is 0 Å². The van der Waals surface area contributed by atoms with Crippen molar-refractivity contribution in [1.82, 2.24) is 0 Å².